The molecular weight excluding hydrogens is 319 g/mol. The van der Waals surface area contributed by atoms with E-state index in [2.05, 4.69) is 0 Å². The molecule has 122 valence electrons. The molecule has 2 rings (SSSR count). The Bertz CT molecular complexity index is 841. The Morgan fingerprint density at radius 3 is 2.57 bits per heavy atom. The molecular formula is C13H10F3N3O4. The van der Waals surface area contributed by atoms with Gasteiger partial charge in [-0.3, -0.25) is 20.0 Å². The standard InChI is InChI=1S/C13H10F3N3O4/c14-13(15,16)8-3-1-2-7(6-8)10(21)11(22)18-19-5-4-9(20)17-12(19)23/h1-6,10,21H,(H,18,22)(H,17,20,23). The van der Waals surface area contributed by atoms with Crippen molar-refractivity contribution in [3.8, 4) is 0 Å². The highest BCUT2D eigenvalue weighted by Crippen LogP contribution is 2.30. The number of alkyl halides is 3. The van der Waals surface area contributed by atoms with Crippen molar-refractivity contribution in [2.24, 2.45) is 0 Å². The Morgan fingerprint density at radius 1 is 1.26 bits per heavy atom. The van der Waals surface area contributed by atoms with Crippen molar-refractivity contribution in [2.45, 2.75) is 12.3 Å². The second kappa shape index (κ2) is 6.08. The van der Waals surface area contributed by atoms with E-state index in [0.29, 0.717) is 10.7 Å². The Balaban J connectivity index is 2.23. The van der Waals surface area contributed by atoms with Crippen LogP contribution in [0.5, 0.6) is 0 Å². The normalized spacial score (nSPS) is 12.7. The van der Waals surface area contributed by atoms with Crippen LogP contribution < -0.4 is 16.7 Å². The van der Waals surface area contributed by atoms with Crippen LogP contribution in [0.25, 0.3) is 0 Å². The van der Waals surface area contributed by atoms with E-state index < -0.39 is 35.0 Å². The van der Waals surface area contributed by atoms with E-state index >= 15 is 0 Å². The van der Waals surface area contributed by atoms with Crippen LogP contribution in [0.1, 0.15) is 17.2 Å². The van der Waals surface area contributed by atoms with Crippen LogP contribution in [0.15, 0.2) is 46.1 Å². The van der Waals surface area contributed by atoms with Crippen molar-refractivity contribution < 1.29 is 23.1 Å². The van der Waals surface area contributed by atoms with Gasteiger partial charge in [0, 0.05) is 12.3 Å². The molecule has 0 saturated carbocycles. The summed E-state index contributed by atoms with van der Waals surface area (Å²) in [6.45, 7) is 0. The van der Waals surface area contributed by atoms with Crippen molar-refractivity contribution in [3.05, 3.63) is 68.5 Å². The van der Waals surface area contributed by atoms with Crippen LogP contribution in [0.3, 0.4) is 0 Å². The van der Waals surface area contributed by atoms with Crippen molar-refractivity contribution in [1.82, 2.24) is 9.66 Å². The smallest absolute Gasteiger partial charge is 0.378 e. The second-order valence-electron chi connectivity index (χ2n) is 4.48. The maximum Gasteiger partial charge on any atom is 0.416 e. The number of aliphatic hydroxyl groups excluding tert-OH is 1. The molecule has 1 amide bonds. The van der Waals surface area contributed by atoms with Gasteiger partial charge in [-0.1, -0.05) is 12.1 Å². The minimum atomic E-state index is -4.62. The lowest BCUT2D eigenvalue weighted by atomic mass is 10.1. The number of carbonyl (C=O) groups excluding carboxylic acids is 1. The molecule has 1 aromatic heterocycles. The summed E-state index contributed by atoms with van der Waals surface area (Å²) in [5, 5.41) is 9.82. The molecule has 3 N–H and O–H groups in total. The fourth-order valence-electron chi connectivity index (χ4n) is 1.72. The van der Waals surface area contributed by atoms with Gasteiger partial charge in [0.1, 0.15) is 0 Å². The third kappa shape index (κ3) is 3.86. The Hall–Kier alpha value is -2.88. The summed E-state index contributed by atoms with van der Waals surface area (Å²) < 4.78 is 38.4. The zero-order valence-electron chi connectivity index (χ0n) is 11.3. The van der Waals surface area contributed by atoms with Gasteiger partial charge < -0.3 is 5.11 Å². The van der Waals surface area contributed by atoms with Gasteiger partial charge in [0.25, 0.3) is 11.5 Å². The van der Waals surface area contributed by atoms with Gasteiger partial charge in [-0.05, 0) is 17.7 Å². The van der Waals surface area contributed by atoms with Crippen LogP contribution in [0, 0.1) is 0 Å². The number of nitrogens with one attached hydrogen (secondary N) is 2. The molecule has 1 aromatic carbocycles. The summed E-state index contributed by atoms with van der Waals surface area (Å²) in [5.74, 6) is -1.14. The number of hydrogen-bond acceptors (Lipinski definition) is 4. The topological polar surface area (TPSA) is 104 Å². The minimum absolute atomic E-state index is 0.296. The molecule has 1 atom stereocenters. The summed E-state index contributed by atoms with van der Waals surface area (Å²) >= 11 is 0. The number of amides is 1. The first-order valence-electron chi connectivity index (χ1n) is 6.16. The van der Waals surface area contributed by atoms with E-state index in [9.17, 15) is 32.7 Å². The van der Waals surface area contributed by atoms with Gasteiger partial charge in [0.15, 0.2) is 6.10 Å². The lowest BCUT2D eigenvalue weighted by Gasteiger charge is -2.14. The highest BCUT2D eigenvalue weighted by atomic mass is 19.4. The monoisotopic (exact) mass is 329 g/mol. The summed E-state index contributed by atoms with van der Waals surface area (Å²) in [6.07, 6.45) is -5.61. The number of aliphatic hydroxyl groups is 1. The number of nitrogens with zero attached hydrogens (tertiary/aromatic N) is 1. The third-order valence-corrected chi connectivity index (χ3v) is 2.83. The minimum Gasteiger partial charge on any atom is -0.378 e. The first-order chi connectivity index (χ1) is 10.7. The number of aromatic nitrogens is 2. The predicted molar refractivity (Wildman–Crippen MR) is 72.1 cm³/mol. The van der Waals surface area contributed by atoms with E-state index in [0.717, 1.165) is 30.5 Å². The van der Waals surface area contributed by atoms with Gasteiger partial charge in [-0.25, -0.2) is 9.47 Å². The molecule has 0 fully saturated rings. The fourth-order valence-corrected chi connectivity index (χ4v) is 1.72. The van der Waals surface area contributed by atoms with Crippen molar-refractivity contribution in [1.29, 1.82) is 0 Å². The average Bonchev–Trinajstić information content (AvgIpc) is 2.48. The van der Waals surface area contributed by atoms with E-state index in [-0.39, 0.29) is 5.56 Å². The molecule has 0 bridgehead atoms. The van der Waals surface area contributed by atoms with E-state index in [4.69, 9.17) is 0 Å². The summed E-state index contributed by atoms with van der Waals surface area (Å²) in [6, 6.07) is 4.54. The molecule has 7 nitrogen and oxygen atoms in total. The van der Waals surface area contributed by atoms with Crippen molar-refractivity contribution in [2.75, 3.05) is 5.43 Å². The average molecular weight is 329 g/mol. The number of aromatic amines is 1. The Morgan fingerprint density at radius 2 is 1.96 bits per heavy atom. The maximum absolute atomic E-state index is 12.6. The summed E-state index contributed by atoms with van der Waals surface area (Å²) in [5.41, 5.74) is -1.03. The van der Waals surface area contributed by atoms with E-state index in [1.807, 2.05) is 10.4 Å². The highest BCUT2D eigenvalue weighted by Gasteiger charge is 2.31. The molecule has 2 aromatic rings. The van der Waals surface area contributed by atoms with Crippen LogP contribution >= 0.6 is 0 Å². The lowest BCUT2D eigenvalue weighted by Crippen LogP contribution is -2.39. The zero-order chi connectivity index (χ0) is 17.2. The first-order valence-corrected chi connectivity index (χ1v) is 6.16. The van der Waals surface area contributed by atoms with Gasteiger partial charge in [0.2, 0.25) is 0 Å². The van der Waals surface area contributed by atoms with Crippen LogP contribution in [-0.4, -0.2) is 20.7 Å². The second-order valence-corrected chi connectivity index (χ2v) is 4.48. The number of benzene rings is 1. The lowest BCUT2D eigenvalue weighted by molar-refractivity contribution is -0.138. The molecule has 0 saturated heterocycles. The van der Waals surface area contributed by atoms with Gasteiger partial charge in [-0.2, -0.15) is 13.2 Å². The molecule has 0 aliphatic heterocycles. The molecule has 1 heterocycles. The number of halogens is 3. The summed E-state index contributed by atoms with van der Waals surface area (Å²) in [4.78, 5) is 35.9. The predicted octanol–water partition coefficient (Wildman–Crippen LogP) is 0.359. The van der Waals surface area contributed by atoms with Crippen LogP contribution in [-0.2, 0) is 11.0 Å². The van der Waals surface area contributed by atoms with Crippen LogP contribution in [0.4, 0.5) is 13.2 Å². The molecule has 0 aliphatic rings. The quantitative estimate of drug-likeness (QED) is 0.756. The van der Waals surface area contributed by atoms with E-state index in [1.165, 1.54) is 0 Å². The van der Waals surface area contributed by atoms with E-state index in [1.54, 1.807) is 0 Å². The molecule has 1 unspecified atom stereocenters. The van der Waals surface area contributed by atoms with Gasteiger partial charge in [-0.15, -0.1) is 0 Å². The SMILES string of the molecule is O=C(Nn1ccc(=O)[nH]c1=O)C(O)c1cccc(C(F)(F)F)c1. The third-order valence-electron chi connectivity index (χ3n) is 2.83. The summed E-state index contributed by atoms with van der Waals surface area (Å²) in [7, 11) is 0. The van der Waals surface area contributed by atoms with Gasteiger partial charge in [0.05, 0.1) is 5.56 Å². The Kier molecular flexibility index (Phi) is 4.36. The fraction of sp³-hybridized carbons (Fsp3) is 0.154. The van der Waals surface area contributed by atoms with Crippen molar-refractivity contribution >= 4 is 5.91 Å². The number of H-pyrrole nitrogens is 1. The van der Waals surface area contributed by atoms with Crippen LogP contribution in [0.2, 0.25) is 0 Å². The Labute approximate surface area is 126 Å². The molecule has 0 spiro atoms. The largest absolute Gasteiger partial charge is 0.416 e. The number of carbonyl (C=O) groups is 1. The van der Waals surface area contributed by atoms with Gasteiger partial charge >= 0.3 is 11.9 Å². The van der Waals surface area contributed by atoms with Crippen molar-refractivity contribution in [3.63, 3.8) is 0 Å². The first kappa shape index (κ1) is 16.5. The maximum atomic E-state index is 12.6. The zero-order valence-corrected chi connectivity index (χ0v) is 11.3. The molecule has 23 heavy (non-hydrogen) atoms. The highest BCUT2D eigenvalue weighted by molar-refractivity contribution is 5.88. The molecule has 0 aliphatic carbocycles. The molecule has 0 radical (unpaired) electrons. The number of rotatable bonds is 3. The number of hydrogen-bond donors (Lipinski definition) is 3. The molecule has 10 heteroatoms.